The van der Waals surface area contributed by atoms with Crippen LogP contribution in [0.25, 0.3) is 11.3 Å². The largest absolute Gasteiger partial charge is 0.365 e. The molecule has 3 aromatic rings. The van der Waals surface area contributed by atoms with Crippen molar-refractivity contribution in [3.63, 3.8) is 0 Å². The minimum Gasteiger partial charge on any atom is -0.365 e. The molecule has 1 unspecified atom stereocenters. The number of ether oxygens (including phenoxy) is 1. The van der Waals surface area contributed by atoms with Crippen LogP contribution in [0.1, 0.15) is 24.1 Å². The number of rotatable bonds is 4. The maximum atomic E-state index is 13.1. The van der Waals surface area contributed by atoms with Gasteiger partial charge in [-0.2, -0.15) is 0 Å². The number of nitrogens with one attached hydrogen (secondary N) is 1. The number of benzene rings is 1. The number of carbonyl (C=O) groups excluding carboxylic acids is 1. The molecule has 1 amide bonds. The van der Waals surface area contributed by atoms with Gasteiger partial charge in [-0.15, -0.1) is 5.10 Å². The van der Waals surface area contributed by atoms with Crippen molar-refractivity contribution in [2.75, 3.05) is 5.32 Å². The van der Waals surface area contributed by atoms with Crippen LogP contribution >= 0.6 is 0 Å². The molecule has 5 rings (SSSR count). The molecule has 0 radical (unpaired) electrons. The highest BCUT2D eigenvalue weighted by molar-refractivity contribution is 6.10. The highest BCUT2D eigenvalue weighted by atomic mass is 16.5. The third kappa shape index (κ3) is 2.82. The molecule has 28 heavy (non-hydrogen) atoms. The van der Waals surface area contributed by atoms with Crippen molar-refractivity contribution in [2.45, 2.75) is 32.0 Å². The van der Waals surface area contributed by atoms with Crippen LogP contribution in [0.3, 0.4) is 0 Å². The van der Waals surface area contributed by atoms with E-state index in [1.54, 1.807) is 12.4 Å². The van der Waals surface area contributed by atoms with Gasteiger partial charge >= 0.3 is 0 Å². The van der Waals surface area contributed by atoms with Gasteiger partial charge in [-0.3, -0.25) is 9.78 Å². The summed E-state index contributed by atoms with van der Waals surface area (Å²) in [6.07, 6.45) is 5.14. The highest BCUT2D eigenvalue weighted by Gasteiger charge is 2.43. The number of anilines is 1. The lowest BCUT2D eigenvalue weighted by atomic mass is 9.87. The summed E-state index contributed by atoms with van der Waals surface area (Å²) in [5.74, 6) is 0.396. The van der Waals surface area contributed by atoms with E-state index in [-0.39, 0.29) is 18.1 Å². The molecule has 2 bridgehead atoms. The average molecular weight is 372 g/mol. The van der Waals surface area contributed by atoms with Gasteiger partial charge in [0, 0.05) is 24.2 Å². The second-order valence-corrected chi connectivity index (χ2v) is 7.13. The Balaban J connectivity index is 1.46. The average Bonchev–Trinajstić information content (AvgIpc) is 3.43. The lowest BCUT2D eigenvalue weighted by Gasteiger charge is -2.16. The van der Waals surface area contributed by atoms with E-state index in [9.17, 15) is 4.79 Å². The van der Waals surface area contributed by atoms with Crippen LogP contribution in [0, 0.1) is 6.92 Å². The van der Waals surface area contributed by atoms with E-state index in [1.807, 2.05) is 60.1 Å². The maximum absolute atomic E-state index is 13.1. The Labute approximate surface area is 162 Å². The quantitative estimate of drug-likeness (QED) is 0.761. The summed E-state index contributed by atoms with van der Waals surface area (Å²) in [5.41, 5.74) is 4.61. The summed E-state index contributed by atoms with van der Waals surface area (Å²) >= 11 is 0. The summed E-state index contributed by atoms with van der Waals surface area (Å²) in [7, 11) is 0. The van der Waals surface area contributed by atoms with Crippen molar-refractivity contribution in [3.05, 3.63) is 77.8 Å². The third-order valence-corrected chi connectivity index (χ3v) is 5.32. The summed E-state index contributed by atoms with van der Waals surface area (Å²) < 4.78 is 7.85. The smallest absolute Gasteiger partial charge is 0.255 e. The molecule has 1 fully saturated rings. The van der Waals surface area contributed by atoms with E-state index >= 15 is 0 Å². The molecular weight excluding hydrogens is 352 g/mol. The number of hydrogen-bond acceptors (Lipinski definition) is 4. The fourth-order valence-corrected chi connectivity index (χ4v) is 4.10. The van der Waals surface area contributed by atoms with Crippen molar-refractivity contribution in [3.8, 4) is 5.69 Å². The molecule has 0 spiro atoms. The lowest BCUT2D eigenvalue weighted by Crippen LogP contribution is -2.23. The Morgan fingerprint density at radius 1 is 1.11 bits per heavy atom. The van der Waals surface area contributed by atoms with Gasteiger partial charge in [-0.25, -0.2) is 4.68 Å². The van der Waals surface area contributed by atoms with E-state index in [0.29, 0.717) is 5.82 Å². The lowest BCUT2D eigenvalue weighted by molar-refractivity contribution is -0.113. The zero-order chi connectivity index (χ0) is 19.1. The second kappa shape index (κ2) is 6.73. The van der Waals surface area contributed by atoms with Crippen LogP contribution in [0.4, 0.5) is 5.82 Å². The van der Waals surface area contributed by atoms with Crippen molar-refractivity contribution >= 4 is 17.3 Å². The molecule has 2 aliphatic rings. The number of hydrogen-bond donors (Lipinski definition) is 1. The van der Waals surface area contributed by atoms with E-state index in [1.165, 1.54) is 0 Å². The van der Waals surface area contributed by atoms with Gasteiger partial charge in [-0.1, -0.05) is 18.2 Å². The number of aromatic nitrogens is 3. The fraction of sp³-hybridized carbons (Fsp3) is 0.227. The SMILES string of the molecule is Cc1cc(NC(=O)C2=C(c3ccncc3)[C@@H]3CCC2O3)nn1-c1ccccc1. The van der Waals surface area contributed by atoms with Crippen LogP contribution < -0.4 is 5.32 Å². The number of para-hydroxylation sites is 1. The fourth-order valence-electron chi connectivity index (χ4n) is 4.10. The molecule has 140 valence electrons. The first-order valence-electron chi connectivity index (χ1n) is 9.44. The second-order valence-electron chi connectivity index (χ2n) is 7.13. The predicted octanol–water partition coefficient (Wildman–Crippen LogP) is 3.53. The molecule has 2 atom stereocenters. The molecule has 1 N–H and O–H groups in total. The summed E-state index contributed by atoms with van der Waals surface area (Å²) in [5, 5.41) is 7.54. The van der Waals surface area contributed by atoms with E-state index < -0.39 is 0 Å². The molecule has 1 saturated heterocycles. The van der Waals surface area contributed by atoms with Gasteiger partial charge in [-0.05, 0) is 55.2 Å². The van der Waals surface area contributed by atoms with Crippen LogP contribution in [0.2, 0.25) is 0 Å². The predicted molar refractivity (Wildman–Crippen MR) is 106 cm³/mol. The van der Waals surface area contributed by atoms with Crippen LogP contribution in [0.5, 0.6) is 0 Å². The standard InChI is InChI=1S/C22H20N4O2/c1-14-13-19(25-26(14)16-5-3-2-4-6-16)24-22(27)21-18-8-7-17(28-18)20(21)15-9-11-23-12-10-15/h2-6,9-13,17-18H,7-8H2,1H3,(H,24,25,27)/t17-,18?/m0/s1. The van der Waals surface area contributed by atoms with Gasteiger partial charge in [0.15, 0.2) is 5.82 Å². The first-order valence-corrected chi connectivity index (χ1v) is 9.44. The number of fused-ring (bicyclic) bond motifs is 2. The number of amides is 1. The molecule has 4 heterocycles. The first kappa shape index (κ1) is 16.9. The number of carbonyl (C=O) groups is 1. The van der Waals surface area contributed by atoms with Gasteiger partial charge in [0.05, 0.1) is 23.5 Å². The molecule has 0 aliphatic carbocycles. The monoisotopic (exact) mass is 372 g/mol. The van der Waals surface area contributed by atoms with Crippen LogP contribution in [0.15, 0.2) is 66.5 Å². The Bertz CT molecular complexity index is 1060. The van der Waals surface area contributed by atoms with Gasteiger partial charge in [0.2, 0.25) is 0 Å². The van der Waals surface area contributed by atoms with Crippen molar-refractivity contribution in [2.24, 2.45) is 0 Å². The molecule has 2 aliphatic heterocycles. The summed E-state index contributed by atoms with van der Waals surface area (Å²) in [6.45, 7) is 1.97. The maximum Gasteiger partial charge on any atom is 0.255 e. The Morgan fingerprint density at radius 2 is 1.86 bits per heavy atom. The van der Waals surface area contributed by atoms with Crippen molar-refractivity contribution < 1.29 is 9.53 Å². The number of aryl methyl sites for hydroxylation is 1. The Morgan fingerprint density at radius 3 is 2.64 bits per heavy atom. The summed E-state index contributed by atoms with van der Waals surface area (Å²) in [4.78, 5) is 17.2. The molecule has 2 aromatic heterocycles. The molecular formula is C22H20N4O2. The molecule has 6 nitrogen and oxygen atoms in total. The van der Waals surface area contributed by atoms with E-state index in [0.717, 1.165) is 40.9 Å². The topological polar surface area (TPSA) is 69.0 Å². The van der Waals surface area contributed by atoms with E-state index in [4.69, 9.17) is 4.74 Å². The number of nitrogens with zero attached hydrogens (tertiary/aromatic N) is 3. The minimum atomic E-state index is -0.148. The van der Waals surface area contributed by atoms with Crippen molar-refractivity contribution in [1.29, 1.82) is 0 Å². The van der Waals surface area contributed by atoms with Crippen molar-refractivity contribution in [1.82, 2.24) is 14.8 Å². The van der Waals surface area contributed by atoms with Gasteiger partial charge < -0.3 is 10.1 Å². The van der Waals surface area contributed by atoms with E-state index in [2.05, 4.69) is 15.4 Å². The third-order valence-electron chi connectivity index (χ3n) is 5.32. The Kier molecular flexibility index (Phi) is 4.06. The number of pyridine rings is 1. The zero-order valence-electron chi connectivity index (χ0n) is 15.5. The highest BCUT2D eigenvalue weighted by Crippen LogP contribution is 2.44. The first-order chi connectivity index (χ1) is 13.7. The van der Waals surface area contributed by atoms with Crippen LogP contribution in [-0.2, 0) is 9.53 Å². The normalized spacial score (nSPS) is 20.6. The molecule has 6 heteroatoms. The van der Waals surface area contributed by atoms with Gasteiger partial charge in [0.1, 0.15) is 0 Å². The summed E-state index contributed by atoms with van der Waals surface area (Å²) in [6, 6.07) is 15.6. The van der Waals surface area contributed by atoms with Crippen LogP contribution in [-0.4, -0.2) is 32.9 Å². The van der Waals surface area contributed by atoms with Gasteiger partial charge in [0.25, 0.3) is 5.91 Å². The Hall–Kier alpha value is -3.25. The molecule has 1 aromatic carbocycles. The zero-order valence-corrected chi connectivity index (χ0v) is 15.5. The minimum absolute atomic E-state index is 0.0169. The molecule has 0 saturated carbocycles.